The summed E-state index contributed by atoms with van der Waals surface area (Å²) in [5.41, 5.74) is 6.48. The van der Waals surface area contributed by atoms with Crippen LogP contribution in [0.3, 0.4) is 0 Å². The van der Waals surface area contributed by atoms with Gasteiger partial charge in [0.05, 0.1) is 6.10 Å². The summed E-state index contributed by atoms with van der Waals surface area (Å²) in [6.45, 7) is 3.84. The van der Waals surface area contributed by atoms with Crippen molar-refractivity contribution in [2.45, 2.75) is 32.1 Å². The molecule has 0 fully saturated rings. The Balaban J connectivity index is 2.73. The van der Waals surface area contributed by atoms with Crippen LogP contribution in [-0.2, 0) is 0 Å². The van der Waals surface area contributed by atoms with Gasteiger partial charge in [0.15, 0.2) is 0 Å². The minimum Gasteiger partial charge on any atom is -0.388 e. The van der Waals surface area contributed by atoms with Crippen LogP contribution in [-0.4, -0.2) is 22.4 Å². The van der Waals surface area contributed by atoms with E-state index in [1.165, 1.54) is 0 Å². The molecular weight excluding hydrogens is 190 g/mol. The van der Waals surface area contributed by atoms with Gasteiger partial charge in [-0.1, -0.05) is 44.2 Å². The molecule has 0 aliphatic rings. The van der Waals surface area contributed by atoms with E-state index in [0.29, 0.717) is 5.56 Å². The van der Waals surface area contributed by atoms with Crippen molar-refractivity contribution in [2.24, 2.45) is 11.7 Å². The highest BCUT2D eigenvalue weighted by molar-refractivity contribution is 5.18. The molecule has 0 bridgehead atoms. The average Bonchev–Trinajstić information content (AvgIpc) is 2.27. The molecule has 0 aliphatic carbocycles. The average molecular weight is 209 g/mol. The van der Waals surface area contributed by atoms with Crippen LogP contribution in [0.5, 0.6) is 0 Å². The minimum absolute atomic E-state index is 0.137. The molecule has 84 valence electrons. The van der Waals surface area contributed by atoms with Gasteiger partial charge in [0.1, 0.15) is 6.10 Å². The maximum atomic E-state index is 9.88. The highest BCUT2D eigenvalue weighted by atomic mass is 16.3. The number of aliphatic hydroxyl groups excluding tert-OH is 2. The van der Waals surface area contributed by atoms with Crippen LogP contribution in [0.1, 0.15) is 25.5 Å². The zero-order valence-corrected chi connectivity index (χ0v) is 9.17. The molecule has 3 nitrogen and oxygen atoms in total. The van der Waals surface area contributed by atoms with Crippen LogP contribution in [0, 0.1) is 5.92 Å². The zero-order valence-electron chi connectivity index (χ0n) is 9.17. The van der Waals surface area contributed by atoms with Gasteiger partial charge in [0, 0.05) is 6.04 Å². The lowest BCUT2D eigenvalue weighted by atomic mass is 9.92. The van der Waals surface area contributed by atoms with Gasteiger partial charge in [-0.15, -0.1) is 0 Å². The third kappa shape index (κ3) is 3.02. The molecule has 3 heteroatoms. The number of hydrogen-bond acceptors (Lipinski definition) is 3. The summed E-state index contributed by atoms with van der Waals surface area (Å²) in [4.78, 5) is 0. The van der Waals surface area contributed by atoms with Gasteiger partial charge in [-0.25, -0.2) is 0 Å². The lowest BCUT2D eigenvalue weighted by Gasteiger charge is -2.26. The molecule has 0 saturated carbocycles. The molecule has 1 rings (SSSR count). The van der Waals surface area contributed by atoms with Crippen LogP contribution < -0.4 is 5.73 Å². The van der Waals surface area contributed by atoms with Crippen LogP contribution >= 0.6 is 0 Å². The molecule has 4 N–H and O–H groups in total. The maximum absolute atomic E-state index is 9.88. The SMILES string of the molecule is CC(C)[C@H](N)[C@H](O)[C@H](O)c1ccccc1. The van der Waals surface area contributed by atoms with Crippen molar-refractivity contribution in [3.8, 4) is 0 Å². The normalized spacial score (nSPS) is 17.5. The van der Waals surface area contributed by atoms with E-state index in [0.717, 1.165) is 0 Å². The van der Waals surface area contributed by atoms with E-state index in [1.54, 1.807) is 12.1 Å². The van der Waals surface area contributed by atoms with Crippen LogP contribution in [0.15, 0.2) is 30.3 Å². The van der Waals surface area contributed by atoms with E-state index in [2.05, 4.69) is 0 Å². The Morgan fingerprint density at radius 3 is 2.07 bits per heavy atom. The van der Waals surface area contributed by atoms with Crippen molar-refractivity contribution in [1.82, 2.24) is 0 Å². The van der Waals surface area contributed by atoms with E-state index < -0.39 is 18.2 Å². The summed E-state index contributed by atoms with van der Waals surface area (Å²) in [5.74, 6) is 0.137. The van der Waals surface area contributed by atoms with Crippen LogP contribution in [0.25, 0.3) is 0 Å². The standard InChI is InChI=1S/C12H19NO2/c1-8(2)10(13)12(15)11(14)9-6-4-3-5-7-9/h3-8,10-12,14-15H,13H2,1-2H3/t10-,11+,12-/m0/s1. The Hall–Kier alpha value is -0.900. The van der Waals surface area contributed by atoms with Crippen molar-refractivity contribution in [3.05, 3.63) is 35.9 Å². The smallest absolute Gasteiger partial charge is 0.106 e. The third-order valence-corrected chi connectivity index (χ3v) is 2.63. The van der Waals surface area contributed by atoms with E-state index in [4.69, 9.17) is 5.73 Å². The van der Waals surface area contributed by atoms with E-state index in [1.807, 2.05) is 32.0 Å². The molecule has 0 radical (unpaired) electrons. The maximum Gasteiger partial charge on any atom is 0.106 e. The number of nitrogens with two attached hydrogens (primary N) is 1. The van der Waals surface area contributed by atoms with Gasteiger partial charge in [-0.05, 0) is 11.5 Å². The minimum atomic E-state index is -0.924. The number of benzene rings is 1. The fraction of sp³-hybridized carbons (Fsp3) is 0.500. The summed E-state index contributed by atoms with van der Waals surface area (Å²) < 4.78 is 0. The van der Waals surface area contributed by atoms with E-state index >= 15 is 0 Å². The monoisotopic (exact) mass is 209 g/mol. The number of rotatable bonds is 4. The summed E-state index contributed by atoms with van der Waals surface area (Å²) >= 11 is 0. The lowest BCUT2D eigenvalue weighted by molar-refractivity contribution is -0.00620. The Morgan fingerprint density at radius 2 is 1.60 bits per heavy atom. The highest BCUT2D eigenvalue weighted by Gasteiger charge is 2.26. The molecule has 0 amide bonds. The van der Waals surface area contributed by atoms with Gasteiger partial charge in [0.25, 0.3) is 0 Å². The molecule has 15 heavy (non-hydrogen) atoms. The molecule has 0 unspecified atom stereocenters. The highest BCUT2D eigenvalue weighted by Crippen LogP contribution is 2.20. The van der Waals surface area contributed by atoms with Gasteiger partial charge < -0.3 is 15.9 Å². The van der Waals surface area contributed by atoms with Crippen LogP contribution in [0.2, 0.25) is 0 Å². The molecule has 0 spiro atoms. The second-order valence-corrected chi connectivity index (χ2v) is 4.17. The Kier molecular flexibility index (Phi) is 4.27. The first-order chi connectivity index (χ1) is 7.04. The Morgan fingerprint density at radius 1 is 1.07 bits per heavy atom. The van der Waals surface area contributed by atoms with Crippen LogP contribution in [0.4, 0.5) is 0 Å². The fourth-order valence-electron chi connectivity index (χ4n) is 1.45. The summed E-state index contributed by atoms with van der Waals surface area (Å²) in [6, 6.07) is 8.66. The topological polar surface area (TPSA) is 66.5 Å². The molecule has 3 atom stereocenters. The Labute approximate surface area is 90.5 Å². The van der Waals surface area contributed by atoms with E-state index in [9.17, 15) is 10.2 Å². The molecule has 0 heterocycles. The Bertz CT molecular complexity index is 287. The summed E-state index contributed by atoms with van der Waals surface area (Å²) in [6.07, 6.45) is -1.84. The van der Waals surface area contributed by atoms with Crippen molar-refractivity contribution in [1.29, 1.82) is 0 Å². The number of aliphatic hydroxyl groups is 2. The largest absolute Gasteiger partial charge is 0.388 e. The molecule has 0 aromatic heterocycles. The first-order valence-electron chi connectivity index (χ1n) is 5.20. The number of hydrogen-bond donors (Lipinski definition) is 3. The van der Waals surface area contributed by atoms with Gasteiger partial charge >= 0.3 is 0 Å². The lowest BCUT2D eigenvalue weighted by Crippen LogP contribution is -2.42. The van der Waals surface area contributed by atoms with Crippen molar-refractivity contribution in [2.75, 3.05) is 0 Å². The predicted octanol–water partition coefficient (Wildman–Crippen LogP) is 1.06. The molecule has 0 saturated heterocycles. The fourth-order valence-corrected chi connectivity index (χ4v) is 1.45. The third-order valence-electron chi connectivity index (χ3n) is 2.63. The van der Waals surface area contributed by atoms with Crippen molar-refractivity contribution >= 4 is 0 Å². The predicted molar refractivity (Wildman–Crippen MR) is 60.2 cm³/mol. The van der Waals surface area contributed by atoms with Gasteiger partial charge in [-0.2, -0.15) is 0 Å². The van der Waals surface area contributed by atoms with Gasteiger partial charge in [0.2, 0.25) is 0 Å². The molecule has 1 aromatic rings. The first kappa shape index (κ1) is 12.2. The van der Waals surface area contributed by atoms with E-state index in [-0.39, 0.29) is 5.92 Å². The zero-order chi connectivity index (χ0) is 11.4. The quantitative estimate of drug-likeness (QED) is 0.694. The molecular formula is C12H19NO2. The van der Waals surface area contributed by atoms with Crippen molar-refractivity contribution < 1.29 is 10.2 Å². The van der Waals surface area contributed by atoms with Gasteiger partial charge in [-0.3, -0.25) is 0 Å². The molecule has 1 aromatic carbocycles. The second-order valence-electron chi connectivity index (χ2n) is 4.17. The molecule has 0 aliphatic heterocycles. The second kappa shape index (κ2) is 5.26. The first-order valence-corrected chi connectivity index (χ1v) is 5.20. The summed E-state index contributed by atoms with van der Waals surface area (Å²) in [5, 5.41) is 19.7. The van der Waals surface area contributed by atoms with Crippen molar-refractivity contribution in [3.63, 3.8) is 0 Å². The summed E-state index contributed by atoms with van der Waals surface area (Å²) in [7, 11) is 0.